The van der Waals surface area contributed by atoms with Crippen molar-refractivity contribution in [3.8, 4) is 17.0 Å². The predicted octanol–water partition coefficient (Wildman–Crippen LogP) is 7.89. The van der Waals surface area contributed by atoms with Crippen molar-refractivity contribution >= 4 is 31.1 Å². The number of amides is 2. The minimum atomic E-state index is -1.30. The van der Waals surface area contributed by atoms with Crippen molar-refractivity contribution in [3.63, 3.8) is 0 Å². The van der Waals surface area contributed by atoms with Crippen LogP contribution in [0.3, 0.4) is 0 Å². The molecule has 0 spiro atoms. The first kappa shape index (κ1) is 35.9. The van der Waals surface area contributed by atoms with Crippen LogP contribution in [0.15, 0.2) is 24.5 Å². The molecule has 48 heavy (non-hydrogen) atoms. The molecule has 0 saturated heterocycles. The zero-order valence-electron chi connectivity index (χ0n) is 30.2. The summed E-state index contributed by atoms with van der Waals surface area (Å²) >= 11 is 0. The van der Waals surface area contributed by atoms with Crippen LogP contribution in [0.4, 0.5) is 4.79 Å². The van der Waals surface area contributed by atoms with Crippen LogP contribution in [-0.4, -0.2) is 75.5 Å². The standard InChI is InChI=1S/C37H55N5O5Si/c1-9-25-12-17-30(47-21-26-10-11-26)29(20-25)32-34-33(39-22-38-32)31(24(2)41(34)23-46-18-19-48(6,7)8)35(43)40-27-13-15-28(16-14-27)42(36(44)45)37(3,4)5/h12,17,20,22,26-28H,9-11,13-16,18-19,21,23H2,1-8H3,(H,40,43)(H,44,45)/t27-,28-. The first-order valence-corrected chi connectivity index (χ1v) is 21.4. The molecule has 2 aliphatic carbocycles. The number of hydrogen-bond donors (Lipinski definition) is 2. The summed E-state index contributed by atoms with van der Waals surface area (Å²) in [5.41, 5.74) is 4.99. The maximum absolute atomic E-state index is 14.2. The third-order valence-corrected chi connectivity index (χ3v) is 11.4. The lowest BCUT2D eigenvalue weighted by Gasteiger charge is -2.42. The lowest BCUT2D eigenvalue weighted by molar-refractivity contribution is 0.0519. The highest BCUT2D eigenvalue weighted by Crippen LogP contribution is 2.39. The van der Waals surface area contributed by atoms with Gasteiger partial charge in [0.2, 0.25) is 0 Å². The molecule has 262 valence electrons. The maximum atomic E-state index is 14.2. The molecule has 2 fully saturated rings. The van der Waals surface area contributed by atoms with Crippen LogP contribution in [0.25, 0.3) is 22.3 Å². The van der Waals surface area contributed by atoms with E-state index in [1.165, 1.54) is 18.4 Å². The number of aromatic nitrogens is 3. The molecule has 2 saturated carbocycles. The van der Waals surface area contributed by atoms with Gasteiger partial charge in [-0.2, -0.15) is 0 Å². The fraction of sp³-hybridized carbons (Fsp3) is 0.622. The lowest BCUT2D eigenvalue weighted by Crippen LogP contribution is -2.53. The van der Waals surface area contributed by atoms with Gasteiger partial charge < -0.3 is 29.4 Å². The number of carbonyl (C=O) groups is 2. The van der Waals surface area contributed by atoms with Crippen LogP contribution in [0.5, 0.6) is 5.75 Å². The van der Waals surface area contributed by atoms with E-state index < -0.39 is 19.7 Å². The molecule has 11 heteroatoms. The molecule has 2 N–H and O–H groups in total. The third-order valence-electron chi connectivity index (χ3n) is 9.74. The normalized spacial score (nSPS) is 18.6. The monoisotopic (exact) mass is 677 g/mol. The Kier molecular flexibility index (Phi) is 10.9. The van der Waals surface area contributed by atoms with E-state index in [0.717, 1.165) is 40.7 Å². The lowest BCUT2D eigenvalue weighted by atomic mass is 9.88. The molecule has 0 aliphatic heterocycles. The van der Waals surface area contributed by atoms with Gasteiger partial charge in [0.15, 0.2) is 0 Å². The van der Waals surface area contributed by atoms with Crippen molar-refractivity contribution in [2.24, 2.45) is 5.92 Å². The first-order chi connectivity index (χ1) is 22.7. The van der Waals surface area contributed by atoms with E-state index in [1.807, 2.05) is 33.8 Å². The number of ether oxygens (including phenoxy) is 2. The number of aryl methyl sites for hydroxylation is 1. The molecular formula is C37H55N5O5Si. The Balaban J connectivity index is 1.48. The number of nitrogens with one attached hydrogen (secondary N) is 1. The smallest absolute Gasteiger partial charge is 0.407 e. The van der Waals surface area contributed by atoms with Gasteiger partial charge in [-0.25, -0.2) is 14.8 Å². The van der Waals surface area contributed by atoms with Crippen LogP contribution in [0, 0.1) is 12.8 Å². The highest BCUT2D eigenvalue weighted by atomic mass is 28.3. The van der Waals surface area contributed by atoms with Crippen molar-refractivity contribution < 1.29 is 24.2 Å². The van der Waals surface area contributed by atoms with Crippen LogP contribution in [0.1, 0.15) is 87.8 Å². The molecule has 2 amide bonds. The van der Waals surface area contributed by atoms with E-state index in [4.69, 9.17) is 19.4 Å². The fourth-order valence-electron chi connectivity index (χ4n) is 6.78. The molecule has 5 rings (SSSR count). The second kappa shape index (κ2) is 14.6. The summed E-state index contributed by atoms with van der Waals surface area (Å²) in [6, 6.07) is 7.22. The van der Waals surface area contributed by atoms with Gasteiger partial charge in [0.1, 0.15) is 30.0 Å². The summed E-state index contributed by atoms with van der Waals surface area (Å²) in [7, 11) is -1.30. The Morgan fingerprint density at radius 3 is 2.40 bits per heavy atom. The summed E-state index contributed by atoms with van der Waals surface area (Å²) in [4.78, 5) is 37.3. The summed E-state index contributed by atoms with van der Waals surface area (Å²) in [5.74, 6) is 1.22. The minimum Gasteiger partial charge on any atom is -0.493 e. The zero-order chi connectivity index (χ0) is 34.8. The molecular weight excluding hydrogens is 623 g/mol. The van der Waals surface area contributed by atoms with Gasteiger partial charge in [-0.15, -0.1) is 0 Å². The second-order valence-electron chi connectivity index (χ2n) is 15.9. The van der Waals surface area contributed by atoms with Gasteiger partial charge in [0.05, 0.1) is 17.7 Å². The molecule has 1 aromatic carbocycles. The van der Waals surface area contributed by atoms with Gasteiger partial charge in [0, 0.05) is 43.6 Å². The molecule has 2 aliphatic rings. The highest BCUT2D eigenvalue weighted by molar-refractivity contribution is 6.76. The molecule has 0 radical (unpaired) electrons. The average molecular weight is 678 g/mol. The summed E-state index contributed by atoms with van der Waals surface area (Å²) in [5, 5.41) is 13.2. The van der Waals surface area contributed by atoms with Gasteiger partial charge in [-0.1, -0.05) is 32.6 Å². The number of fused-ring (bicyclic) bond motifs is 1. The predicted molar refractivity (Wildman–Crippen MR) is 193 cm³/mol. The zero-order valence-corrected chi connectivity index (χ0v) is 31.2. The van der Waals surface area contributed by atoms with E-state index in [-0.39, 0.29) is 24.7 Å². The first-order valence-electron chi connectivity index (χ1n) is 17.7. The van der Waals surface area contributed by atoms with E-state index in [0.29, 0.717) is 55.9 Å². The molecule has 0 atom stereocenters. The van der Waals surface area contributed by atoms with E-state index >= 15 is 0 Å². The molecule has 0 bridgehead atoms. The molecule has 2 heterocycles. The molecule has 2 aromatic heterocycles. The summed E-state index contributed by atoms with van der Waals surface area (Å²) in [6.07, 6.45) is 6.74. The topological polar surface area (TPSA) is 119 Å². The Bertz CT molecular complexity index is 1610. The molecule has 3 aromatic rings. The van der Waals surface area contributed by atoms with Crippen LogP contribution < -0.4 is 10.1 Å². The van der Waals surface area contributed by atoms with Crippen molar-refractivity contribution in [2.75, 3.05) is 13.2 Å². The van der Waals surface area contributed by atoms with Gasteiger partial charge in [-0.3, -0.25) is 4.79 Å². The summed E-state index contributed by atoms with van der Waals surface area (Å²) < 4.78 is 14.7. The minimum absolute atomic E-state index is 0.0554. The quantitative estimate of drug-likeness (QED) is 0.140. The Hall–Kier alpha value is -3.44. The van der Waals surface area contributed by atoms with Crippen molar-refractivity contribution in [2.45, 2.75) is 130 Å². The number of carboxylic acid groups (broad SMARTS) is 1. The SMILES string of the molecule is CCc1ccc(OCC2CC2)c(-c2ncnc3c(C(=O)N[C@H]4CC[C@H](N(C(=O)O)C(C)(C)C)CC4)c(C)n(COCC[Si](C)(C)C)c23)c1. The molecule has 0 unspecified atom stereocenters. The van der Waals surface area contributed by atoms with Gasteiger partial charge >= 0.3 is 6.09 Å². The van der Waals surface area contributed by atoms with Crippen LogP contribution in [0.2, 0.25) is 25.7 Å². The van der Waals surface area contributed by atoms with Crippen molar-refractivity contribution in [1.82, 2.24) is 24.8 Å². The summed E-state index contributed by atoms with van der Waals surface area (Å²) in [6.45, 7) is 18.5. The van der Waals surface area contributed by atoms with Crippen molar-refractivity contribution in [3.05, 3.63) is 41.3 Å². The number of hydrogen-bond acceptors (Lipinski definition) is 6. The molecule has 10 nitrogen and oxygen atoms in total. The number of benzene rings is 1. The van der Waals surface area contributed by atoms with E-state index in [2.05, 4.69) is 48.6 Å². The largest absolute Gasteiger partial charge is 0.493 e. The average Bonchev–Trinajstić information content (AvgIpc) is 3.80. The van der Waals surface area contributed by atoms with Crippen LogP contribution in [-0.2, 0) is 17.9 Å². The fourth-order valence-corrected chi connectivity index (χ4v) is 7.54. The van der Waals surface area contributed by atoms with E-state index in [1.54, 1.807) is 11.2 Å². The Labute approximate surface area is 286 Å². The number of carbonyl (C=O) groups excluding carboxylic acids is 1. The second-order valence-corrected chi connectivity index (χ2v) is 21.5. The number of rotatable bonds is 13. The third kappa shape index (κ3) is 8.40. The van der Waals surface area contributed by atoms with Gasteiger partial charge in [0.25, 0.3) is 5.91 Å². The highest BCUT2D eigenvalue weighted by Gasteiger charge is 2.36. The van der Waals surface area contributed by atoms with E-state index in [9.17, 15) is 14.7 Å². The van der Waals surface area contributed by atoms with Crippen molar-refractivity contribution in [1.29, 1.82) is 0 Å². The Morgan fingerprint density at radius 1 is 1.08 bits per heavy atom. The Morgan fingerprint density at radius 2 is 1.79 bits per heavy atom. The number of nitrogens with zero attached hydrogens (tertiary/aromatic N) is 4. The van der Waals surface area contributed by atoms with Crippen LogP contribution >= 0.6 is 0 Å². The maximum Gasteiger partial charge on any atom is 0.407 e. The van der Waals surface area contributed by atoms with Gasteiger partial charge in [-0.05, 0) is 102 Å².